The lowest BCUT2D eigenvalue weighted by atomic mass is 9.93. The van der Waals surface area contributed by atoms with Gasteiger partial charge in [-0.05, 0) is 45.7 Å². The number of hydrogen-bond acceptors (Lipinski definition) is 3. The Labute approximate surface area is 109 Å². The molecule has 1 aromatic heterocycles. The van der Waals surface area contributed by atoms with E-state index in [1.165, 1.54) is 49.9 Å². The molecule has 1 aliphatic carbocycles. The number of rotatable bonds is 3. The number of nitrogens with one attached hydrogen (secondary N) is 1. The van der Waals surface area contributed by atoms with E-state index in [2.05, 4.69) is 35.6 Å². The fourth-order valence-electron chi connectivity index (χ4n) is 3.43. The second-order valence-electron chi connectivity index (χ2n) is 5.80. The Balaban J connectivity index is 1.64. The van der Waals surface area contributed by atoms with Gasteiger partial charge in [-0.25, -0.2) is 0 Å². The molecular weight excluding hydrogens is 224 g/mol. The first-order valence-electron chi connectivity index (χ1n) is 7.20. The molecule has 0 saturated carbocycles. The van der Waals surface area contributed by atoms with E-state index in [1.807, 2.05) is 4.68 Å². The van der Waals surface area contributed by atoms with Crippen LogP contribution in [0.1, 0.15) is 43.0 Å². The number of hydrogen-bond donors (Lipinski definition) is 1. The van der Waals surface area contributed by atoms with Crippen LogP contribution in [-0.4, -0.2) is 40.9 Å². The Hall–Kier alpha value is -0.870. The zero-order valence-corrected chi connectivity index (χ0v) is 11.5. The molecule has 0 aromatic carbocycles. The average Bonchev–Trinajstić information content (AvgIpc) is 2.95. The largest absolute Gasteiger partial charge is 0.308 e. The monoisotopic (exact) mass is 248 g/mol. The van der Waals surface area contributed by atoms with E-state index in [0.29, 0.717) is 6.04 Å². The van der Waals surface area contributed by atoms with Crippen LogP contribution in [0.3, 0.4) is 0 Å². The molecule has 1 saturated heterocycles. The van der Waals surface area contributed by atoms with Crippen LogP contribution < -0.4 is 5.32 Å². The van der Waals surface area contributed by atoms with Gasteiger partial charge < -0.3 is 10.2 Å². The summed E-state index contributed by atoms with van der Waals surface area (Å²) in [4.78, 5) is 2.49. The van der Waals surface area contributed by atoms with Crippen molar-refractivity contribution in [3.05, 3.63) is 17.5 Å². The number of likely N-dealkylation sites (N-methyl/N-ethyl adjacent to an activating group) is 1. The van der Waals surface area contributed by atoms with Crippen LogP contribution in [-0.2, 0) is 13.5 Å². The quantitative estimate of drug-likeness (QED) is 0.879. The maximum atomic E-state index is 4.41. The highest BCUT2D eigenvalue weighted by Crippen LogP contribution is 2.29. The number of fused-ring (bicyclic) bond motifs is 1. The van der Waals surface area contributed by atoms with Gasteiger partial charge in [0, 0.05) is 36.9 Å². The van der Waals surface area contributed by atoms with Crippen molar-refractivity contribution in [3.63, 3.8) is 0 Å². The van der Waals surface area contributed by atoms with Gasteiger partial charge in [-0.3, -0.25) is 4.68 Å². The lowest BCUT2D eigenvalue weighted by Gasteiger charge is -2.27. The average molecular weight is 248 g/mol. The van der Waals surface area contributed by atoms with Crippen molar-refractivity contribution in [2.45, 2.75) is 44.2 Å². The van der Waals surface area contributed by atoms with Gasteiger partial charge in [0.05, 0.1) is 6.20 Å². The van der Waals surface area contributed by atoms with E-state index in [0.717, 1.165) is 12.6 Å². The zero-order chi connectivity index (χ0) is 12.5. The van der Waals surface area contributed by atoms with E-state index in [1.54, 1.807) is 0 Å². The molecule has 1 N–H and O–H groups in total. The van der Waals surface area contributed by atoms with Crippen LogP contribution in [0.25, 0.3) is 0 Å². The number of aryl methyl sites for hydroxylation is 1. The first kappa shape index (κ1) is 12.2. The van der Waals surface area contributed by atoms with E-state index >= 15 is 0 Å². The Kier molecular flexibility index (Phi) is 3.39. The Morgan fingerprint density at radius 2 is 2.22 bits per heavy atom. The minimum Gasteiger partial charge on any atom is -0.308 e. The van der Waals surface area contributed by atoms with Gasteiger partial charge in [-0.15, -0.1) is 0 Å². The summed E-state index contributed by atoms with van der Waals surface area (Å²) < 4.78 is 2.05. The summed E-state index contributed by atoms with van der Waals surface area (Å²) in [6.07, 6.45) is 8.49. The molecule has 4 heteroatoms. The molecule has 3 rings (SSSR count). The van der Waals surface area contributed by atoms with Gasteiger partial charge in [0.2, 0.25) is 0 Å². The van der Waals surface area contributed by atoms with Crippen molar-refractivity contribution in [2.75, 3.05) is 20.1 Å². The topological polar surface area (TPSA) is 33.1 Å². The minimum atomic E-state index is 0.524. The van der Waals surface area contributed by atoms with Gasteiger partial charge in [0.1, 0.15) is 0 Å². The maximum absolute atomic E-state index is 4.41. The van der Waals surface area contributed by atoms with Crippen molar-refractivity contribution >= 4 is 0 Å². The van der Waals surface area contributed by atoms with Crippen molar-refractivity contribution in [1.82, 2.24) is 20.0 Å². The highest BCUT2D eigenvalue weighted by Gasteiger charge is 2.26. The van der Waals surface area contributed by atoms with Crippen molar-refractivity contribution in [1.29, 1.82) is 0 Å². The molecule has 100 valence electrons. The summed E-state index contributed by atoms with van der Waals surface area (Å²) in [5.74, 6) is 0. The molecule has 1 aromatic rings. The summed E-state index contributed by atoms with van der Waals surface area (Å²) in [6.45, 7) is 2.38. The van der Waals surface area contributed by atoms with Crippen LogP contribution in [0.5, 0.6) is 0 Å². The van der Waals surface area contributed by atoms with E-state index in [-0.39, 0.29) is 0 Å². The molecule has 0 amide bonds. The zero-order valence-electron chi connectivity index (χ0n) is 11.5. The number of nitrogens with zero attached hydrogens (tertiary/aromatic N) is 3. The van der Waals surface area contributed by atoms with Gasteiger partial charge in [0.25, 0.3) is 0 Å². The Bertz CT molecular complexity index is 412. The van der Waals surface area contributed by atoms with Crippen LogP contribution >= 0.6 is 0 Å². The first-order chi connectivity index (χ1) is 8.75. The Morgan fingerprint density at radius 3 is 3.00 bits per heavy atom. The van der Waals surface area contributed by atoms with Crippen LogP contribution in [0.4, 0.5) is 0 Å². The van der Waals surface area contributed by atoms with Crippen LogP contribution in [0.15, 0.2) is 6.20 Å². The van der Waals surface area contributed by atoms with Gasteiger partial charge in [0.15, 0.2) is 0 Å². The summed E-state index contributed by atoms with van der Waals surface area (Å²) in [5, 5.41) is 8.18. The highest BCUT2D eigenvalue weighted by molar-refractivity contribution is 5.24. The van der Waals surface area contributed by atoms with E-state index in [4.69, 9.17) is 0 Å². The third-order valence-corrected chi connectivity index (χ3v) is 4.65. The normalized spacial score (nSPS) is 28.6. The number of aromatic nitrogens is 2. The second kappa shape index (κ2) is 5.02. The Morgan fingerprint density at radius 1 is 1.33 bits per heavy atom. The molecule has 0 bridgehead atoms. The predicted octanol–water partition coefficient (Wildman–Crippen LogP) is 1.48. The molecule has 2 heterocycles. The SMILES string of the molecule is CN1CCCC1CNC1CCCc2c1cnn2C. The molecule has 0 radical (unpaired) electrons. The molecule has 2 unspecified atom stereocenters. The van der Waals surface area contributed by atoms with E-state index < -0.39 is 0 Å². The fraction of sp³-hybridized carbons (Fsp3) is 0.786. The predicted molar refractivity (Wildman–Crippen MR) is 72.5 cm³/mol. The van der Waals surface area contributed by atoms with Crippen molar-refractivity contribution in [2.24, 2.45) is 7.05 Å². The molecule has 2 atom stereocenters. The van der Waals surface area contributed by atoms with Gasteiger partial charge in [-0.2, -0.15) is 5.10 Å². The lowest BCUT2D eigenvalue weighted by molar-refractivity contribution is 0.286. The molecule has 0 spiro atoms. The molecule has 1 fully saturated rings. The molecule has 4 nitrogen and oxygen atoms in total. The molecular formula is C14H24N4. The summed E-state index contributed by atoms with van der Waals surface area (Å²) in [5.41, 5.74) is 2.86. The van der Waals surface area contributed by atoms with E-state index in [9.17, 15) is 0 Å². The summed E-state index contributed by atoms with van der Waals surface area (Å²) >= 11 is 0. The van der Waals surface area contributed by atoms with Crippen molar-refractivity contribution < 1.29 is 0 Å². The van der Waals surface area contributed by atoms with Crippen LogP contribution in [0, 0.1) is 0 Å². The summed E-state index contributed by atoms with van der Waals surface area (Å²) in [7, 11) is 4.31. The van der Waals surface area contributed by atoms with Crippen LogP contribution in [0.2, 0.25) is 0 Å². The molecule has 2 aliphatic rings. The van der Waals surface area contributed by atoms with Crippen molar-refractivity contribution in [3.8, 4) is 0 Å². The lowest BCUT2D eigenvalue weighted by Crippen LogP contribution is -2.38. The minimum absolute atomic E-state index is 0.524. The third-order valence-electron chi connectivity index (χ3n) is 4.65. The first-order valence-corrected chi connectivity index (χ1v) is 7.20. The fourth-order valence-corrected chi connectivity index (χ4v) is 3.43. The summed E-state index contributed by atoms with van der Waals surface area (Å²) in [6, 6.07) is 1.25. The van der Waals surface area contributed by atoms with Gasteiger partial charge in [-0.1, -0.05) is 0 Å². The highest BCUT2D eigenvalue weighted by atomic mass is 15.3. The molecule has 1 aliphatic heterocycles. The smallest absolute Gasteiger partial charge is 0.0540 e. The number of likely N-dealkylation sites (tertiary alicyclic amines) is 1. The third kappa shape index (κ3) is 2.19. The maximum Gasteiger partial charge on any atom is 0.0540 e. The molecule has 18 heavy (non-hydrogen) atoms. The standard InChI is InChI=1S/C14H24N4/c1-17-8-4-5-11(17)9-15-13-6-3-7-14-12(13)10-16-18(14)2/h10-11,13,15H,3-9H2,1-2H3. The second-order valence-corrected chi connectivity index (χ2v) is 5.80. The van der Waals surface area contributed by atoms with Gasteiger partial charge >= 0.3 is 0 Å².